The van der Waals surface area contributed by atoms with Gasteiger partial charge in [-0.15, -0.1) is 0 Å². The van der Waals surface area contributed by atoms with Gasteiger partial charge in [0.05, 0.1) is 6.26 Å². The zero-order valence-corrected chi connectivity index (χ0v) is 9.55. The summed E-state index contributed by atoms with van der Waals surface area (Å²) >= 11 is 0. The highest BCUT2D eigenvalue weighted by atomic mass is 32.2. The fraction of sp³-hybridized carbons (Fsp3) is 1.00. The van der Waals surface area contributed by atoms with Crippen LogP contribution in [0.1, 0.15) is 13.3 Å². The number of hydrogen-bond acceptors (Lipinski definition) is 4. The third-order valence-electron chi connectivity index (χ3n) is 2.20. The van der Waals surface area contributed by atoms with E-state index < -0.39 is 10.0 Å². The molecule has 84 valence electrons. The maximum atomic E-state index is 11.0. The Morgan fingerprint density at radius 1 is 1.64 bits per heavy atom. The van der Waals surface area contributed by atoms with Gasteiger partial charge < -0.3 is 10.6 Å². The monoisotopic (exact) mass is 221 g/mol. The van der Waals surface area contributed by atoms with Gasteiger partial charge in [-0.1, -0.05) is 0 Å². The molecule has 5 nitrogen and oxygen atoms in total. The quantitative estimate of drug-likeness (QED) is 0.635. The van der Waals surface area contributed by atoms with Gasteiger partial charge in [0.2, 0.25) is 10.0 Å². The van der Waals surface area contributed by atoms with Crippen molar-refractivity contribution in [2.45, 2.75) is 25.4 Å². The molecule has 0 aliphatic carbocycles. The van der Waals surface area contributed by atoms with E-state index in [-0.39, 0.29) is 12.1 Å². The molecule has 14 heavy (non-hydrogen) atoms. The molecular weight excluding hydrogens is 202 g/mol. The number of nitrogens with two attached hydrogens (primary N) is 1. The van der Waals surface area contributed by atoms with Crippen LogP contribution >= 0.6 is 0 Å². The van der Waals surface area contributed by atoms with Gasteiger partial charge >= 0.3 is 0 Å². The van der Waals surface area contributed by atoms with Crippen molar-refractivity contribution in [2.24, 2.45) is 5.73 Å². The molecule has 1 aliphatic heterocycles. The van der Waals surface area contributed by atoms with Crippen LogP contribution in [0.25, 0.3) is 0 Å². The Labute approximate surface area is 85.7 Å². The normalized spacial score (nSPS) is 26.6. The van der Waals surface area contributed by atoms with Crippen molar-refractivity contribution in [3.63, 3.8) is 0 Å². The minimum absolute atomic E-state index is 0.0590. The Morgan fingerprint density at radius 2 is 2.29 bits per heavy atom. The van der Waals surface area contributed by atoms with Crippen LogP contribution in [0.2, 0.25) is 0 Å². The summed E-state index contributed by atoms with van der Waals surface area (Å²) in [5, 5.41) is 0. The number of nitrogens with one attached hydrogen (secondary N) is 1. The van der Waals surface area contributed by atoms with Crippen LogP contribution in [0.15, 0.2) is 0 Å². The molecule has 0 spiro atoms. The van der Waals surface area contributed by atoms with E-state index in [9.17, 15) is 8.42 Å². The van der Waals surface area contributed by atoms with E-state index in [1.54, 1.807) is 0 Å². The first kappa shape index (κ1) is 11.9. The summed E-state index contributed by atoms with van der Waals surface area (Å²) in [5.41, 5.74) is 5.66. The maximum absolute atomic E-state index is 11.0. The second kappa shape index (κ2) is 4.57. The Bertz CT molecular complexity index is 276. The molecule has 0 bridgehead atoms. The predicted molar refractivity (Wildman–Crippen MR) is 56.5 cm³/mol. The van der Waals surface area contributed by atoms with Gasteiger partial charge in [-0.25, -0.2) is 13.1 Å². The smallest absolute Gasteiger partial charge is 0.208 e. The number of nitrogens with zero attached hydrogens (tertiary/aromatic N) is 1. The molecule has 0 radical (unpaired) electrons. The summed E-state index contributed by atoms with van der Waals surface area (Å²) in [6.45, 7) is 4.49. The summed E-state index contributed by atoms with van der Waals surface area (Å²) in [6.07, 6.45) is 2.07. The molecule has 3 N–H and O–H groups in total. The number of likely N-dealkylation sites (tertiary alicyclic amines) is 1. The fourth-order valence-corrected chi connectivity index (χ4v) is 2.60. The lowest BCUT2D eigenvalue weighted by atomic mass is 10.3. The van der Waals surface area contributed by atoms with Crippen LogP contribution in [-0.2, 0) is 10.0 Å². The topological polar surface area (TPSA) is 75.4 Å². The molecule has 2 unspecified atom stereocenters. The first-order valence-electron chi connectivity index (χ1n) is 4.82. The Balaban J connectivity index is 2.34. The highest BCUT2D eigenvalue weighted by Gasteiger charge is 2.24. The molecule has 1 saturated heterocycles. The van der Waals surface area contributed by atoms with Crippen molar-refractivity contribution in [2.75, 3.05) is 25.9 Å². The highest BCUT2D eigenvalue weighted by Crippen LogP contribution is 2.09. The summed E-state index contributed by atoms with van der Waals surface area (Å²) in [4.78, 5) is 2.19. The molecule has 0 aromatic carbocycles. The molecule has 0 saturated carbocycles. The molecular formula is C8H19N3O2S. The van der Waals surface area contributed by atoms with Crippen LogP contribution in [0.4, 0.5) is 0 Å². The van der Waals surface area contributed by atoms with Crippen LogP contribution < -0.4 is 10.5 Å². The Morgan fingerprint density at radius 3 is 2.79 bits per heavy atom. The van der Waals surface area contributed by atoms with E-state index in [0.29, 0.717) is 0 Å². The maximum Gasteiger partial charge on any atom is 0.208 e. The van der Waals surface area contributed by atoms with Crippen LogP contribution in [0.5, 0.6) is 0 Å². The van der Waals surface area contributed by atoms with Gasteiger partial charge in [-0.05, 0) is 19.9 Å². The van der Waals surface area contributed by atoms with E-state index in [1.807, 2.05) is 6.92 Å². The van der Waals surface area contributed by atoms with E-state index >= 15 is 0 Å². The average Bonchev–Trinajstić information content (AvgIpc) is 2.30. The third-order valence-corrected chi connectivity index (χ3v) is 2.96. The molecule has 1 fully saturated rings. The van der Waals surface area contributed by atoms with Crippen LogP contribution in [0.3, 0.4) is 0 Å². The molecule has 1 rings (SSSR count). The Kier molecular flexibility index (Phi) is 3.88. The molecule has 1 aliphatic rings. The van der Waals surface area contributed by atoms with Gasteiger partial charge in [0.25, 0.3) is 0 Å². The van der Waals surface area contributed by atoms with E-state index in [2.05, 4.69) is 9.62 Å². The molecule has 2 atom stereocenters. The van der Waals surface area contributed by atoms with Crippen molar-refractivity contribution in [3.05, 3.63) is 0 Å². The van der Waals surface area contributed by atoms with Crippen molar-refractivity contribution >= 4 is 10.0 Å². The number of sulfonamides is 1. The number of hydrogen-bond donors (Lipinski definition) is 2. The zero-order valence-electron chi connectivity index (χ0n) is 8.73. The lowest BCUT2D eigenvalue weighted by Gasteiger charge is -2.18. The second-order valence-corrected chi connectivity index (χ2v) is 5.89. The first-order chi connectivity index (χ1) is 6.37. The number of rotatable bonds is 4. The van der Waals surface area contributed by atoms with E-state index in [4.69, 9.17) is 5.73 Å². The standard InChI is InChI=1S/C8H19N3O2S/c1-7(9)5-11-4-3-8(6-11)10-14(2,12)13/h7-8,10H,3-6,9H2,1-2H3. The predicted octanol–water partition coefficient (Wildman–Crippen LogP) is -1.04. The largest absolute Gasteiger partial charge is 0.327 e. The van der Waals surface area contributed by atoms with Crippen molar-refractivity contribution in [1.82, 2.24) is 9.62 Å². The molecule has 1 heterocycles. The summed E-state index contributed by atoms with van der Waals surface area (Å²) in [6, 6.07) is 0.204. The zero-order chi connectivity index (χ0) is 10.8. The van der Waals surface area contributed by atoms with Crippen molar-refractivity contribution < 1.29 is 8.42 Å². The van der Waals surface area contributed by atoms with Crippen LogP contribution in [-0.4, -0.2) is 51.3 Å². The Hall–Kier alpha value is -0.170. The van der Waals surface area contributed by atoms with E-state index in [0.717, 1.165) is 26.1 Å². The third kappa shape index (κ3) is 4.36. The first-order valence-corrected chi connectivity index (χ1v) is 6.71. The van der Waals surface area contributed by atoms with E-state index in [1.165, 1.54) is 6.26 Å². The summed E-state index contributed by atoms with van der Waals surface area (Å²) < 4.78 is 24.5. The molecule has 6 heteroatoms. The van der Waals surface area contributed by atoms with Gasteiger partial charge in [0, 0.05) is 25.2 Å². The summed E-state index contributed by atoms with van der Waals surface area (Å²) in [5.74, 6) is 0. The average molecular weight is 221 g/mol. The van der Waals surface area contributed by atoms with Gasteiger partial charge in [-0.2, -0.15) is 0 Å². The van der Waals surface area contributed by atoms with Gasteiger partial charge in [0.1, 0.15) is 0 Å². The van der Waals surface area contributed by atoms with Crippen molar-refractivity contribution in [1.29, 1.82) is 0 Å². The molecule has 0 aromatic heterocycles. The SMILES string of the molecule is CC(N)CN1CCC(NS(C)(=O)=O)C1. The van der Waals surface area contributed by atoms with Crippen LogP contribution in [0, 0.1) is 0 Å². The molecule has 0 aromatic rings. The van der Waals surface area contributed by atoms with Gasteiger partial charge in [-0.3, -0.25) is 0 Å². The minimum Gasteiger partial charge on any atom is -0.327 e. The highest BCUT2D eigenvalue weighted by molar-refractivity contribution is 7.88. The fourth-order valence-electron chi connectivity index (χ4n) is 1.80. The lowest BCUT2D eigenvalue weighted by molar-refractivity contribution is 0.315. The lowest BCUT2D eigenvalue weighted by Crippen LogP contribution is -2.39. The van der Waals surface area contributed by atoms with Gasteiger partial charge in [0.15, 0.2) is 0 Å². The van der Waals surface area contributed by atoms with Crippen molar-refractivity contribution in [3.8, 4) is 0 Å². The summed E-state index contributed by atoms with van der Waals surface area (Å²) in [7, 11) is -3.07. The molecule has 0 amide bonds. The minimum atomic E-state index is -3.07. The second-order valence-electron chi connectivity index (χ2n) is 4.11.